The Morgan fingerprint density at radius 1 is 1.52 bits per heavy atom. The molecule has 0 saturated carbocycles. The second-order valence-electron chi connectivity index (χ2n) is 5.19. The van der Waals surface area contributed by atoms with Gasteiger partial charge in [0.05, 0.1) is 23.4 Å². The van der Waals surface area contributed by atoms with E-state index in [1.807, 2.05) is 6.07 Å². The lowest BCUT2D eigenvalue weighted by molar-refractivity contribution is 0.181. The zero-order chi connectivity index (χ0) is 15.5. The van der Waals surface area contributed by atoms with Crippen molar-refractivity contribution in [2.45, 2.75) is 12.8 Å². The molecule has 0 N–H and O–H groups in total. The number of ether oxygens (including phenoxy) is 1. The molecule has 5 nitrogen and oxygen atoms in total. The molecule has 0 amide bonds. The number of halogens is 1. The highest BCUT2D eigenvalue weighted by molar-refractivity contribution is 7.88. The van der Waals surface area contributed by atoms with Crippen molar-refractivity contribution in [3.8, 4) is 11.8 Å². The Kier molecular flexibility index (Phi) is 5.09. The summed E-state index contributed by atoms with van der Waals surface area (Å²) in [5, 5.41) is 9.17. The lowest BCUT2D eigenvalue weighted by Gasteiger charge is -2.30. The predicted octanol–water partition coefficient (Wildman–Crippen LogP) is 2.26. The Balaban J connectivity index is 1.94. The van der Waals surface area contributed by atoms with Gasteiger partial charge in [-0.2, -0.15) is 5.26 Å². The summed E-state index contributed by atoms with van der Waals surface area (Å²) in [5.74, 6) is 0.762. The van der Waals surface area contributed by atoms with Gasteiger partial charge >= 0.3 is 0 Å². The lowest BCUT2D eigenvalue weighted by Crippen LogP contribution is -2.40. The molecule has 1 atom stereocenters. The van der Waals surface area contributed by atoms with Crippen molar-refractivity contribution in [3.05, 3.63) is 28.8 Å². The maximum absolute atomic E-state index is 11.6. The molecule has 1 aliphatic rings. The maximum Gasteiger partial charge on any atom is 0.211 e. The number of nitriles is 1. The van der Waals surface area contributed by atoms with Crippen LogP contribution in [0.25, 0.3) is 0 Å². The first-order valence-corrected chi connectivity index (χ1v) is 8.90. The first-order chi connectivity index (χ1) is 9.90. The number of benzene rings is 1. The molecule has 0 aromatic heterocycles. The van der Waals surface area contributed by atoms with Gasteiger partial charge in [0.25, 0.3) is 0 Å². The Hall–Kier alpha value is -1.29. The number of piperidine rings is 1. The molecule has 0 spiro atoms. The highest BCUT2D eigenvalue weighted by Gasteiger charge is 2.26. The molecular weight excluding hydrogens is 312 g/mol. The third-order valence-electron chi connectivity index (χ3n) is 3.50. The van der Waals surface area contributed by atoms with E-state index < -0.39 is 10.0 Å². The number of sulfonamides is 1. The quantitative estimate of drug-likeness (QED) is 0.850. The summed E-state index contributed by atoms with van der Waals surface area (Å²) in [6.07, 6.45) is 3.02. The number of hydrogen-bond donors (Lipinski definition) is 0. The molecule has 0 radical (unpaired) electrons. The van der Waals surface area contributed by atoms with Crippen LogP contribution in [0.2, 0.25) is 5.02 Å². The van der Waals surface area contributed by atoms with Crippen LogP contribution < -0.4 is 4.74 Å². The topological polar surface area (TPSA) is 70.4 Å². The first kappa shape index (κ1) is 16.1. The fourth-order valence-electron chi connectivity index (χ4n) is 2.35. The smallest absolute Gasteiger partial charge is 0.211 e. The minimum atomic E-state index is -3.14. The summed E-state index contributed by atoms with van der Waals surface area (Å²) in [6.45, 7) is 1.51. The monoisotopic (exact) mass is 328 g/mol. The van der Waals surface area contributed by atoms with Gasteiger partial charge in [-0.15, -0.1) is 0 Å². The van der Waals surface area contributed by atoms with Crippen LogP contribution >= 0.6 is 11.6 Å². The van der Waals surface area contributed by atoms with Gasteiger partial charge in [0, 0.05) is 25.1 Å². The van der Waals surface area contributed by atoms with Gasteiger partial charge in [-0.05, 0) is 25.0 Å². The number of nitrogens with zero attached hydrogens (tertiary/aromatic N) is 2. The van der Waals surface area contributed by atoms with E-state index in [9.17, 15) is 8.42 Å². The molecule has 0 aliphatic carbocycles. The largest absolute Gasteiger partial charge is 0.493 e. The van der Waals surface area contributed by atoms with Gasteiger partial charge in [0.2, 0.25) is 10.0 Å². The van der Waals surface area contributed by atoms with Gasteiger partial charge < -0.3 is 4.74 Å². The van der Waals surface area contributed by atoms with Gasteiger partial charge in [-0.3, -0.25) is 0 Å². The third-order valence-corrected chi connectivity index (χ3v) is 5.08. The van der Waals surface area contributed by atoms with Crippen molar-refractivity contribution >= 4 is 21.6 Å². The van der Waals surface area contributed by atoms with Crippen LogP contribution in [0.5, 0.6) is 5.75 Å². The molecule has 1 aromatic carbocycles. The summed E-state index contributed by atoms with van der Waals surface area (Å²) in [5.41, 5.74) is 0.407. The van der Waals surface area contributed by atoms with E-state index in [2.05, 4.69) is 0 Å². The second kappa shape index (κ2) is 6.65. The lowest BCUT2D eigenvalue weighted by atomic mass is 10.0. The summed E-state index contributed by atoms with van der Waals surface area (Å²) in [4.78, 5) is 0. The Morgan fingerprint density at radius 2 is 2.29 bits per heavy atom. The van der Waals surface area contributed by atoms with E-state index in [1.165, 1.54) is 10.6 Å². The molecule has 7 heteroatoms. The minimum Gasteiger partial charge on any atom is -0.493 e. The van der Waals surface area contributed by atoms with Crippen molar-refractivity contribution in [2.75, 3.05) is 26.0 Å². The van der Waals surface area contributed by atoms with Crippen LogP contribution in [-0.2, 0) is 10.0 Å². The average molecular weight is 329 g/mol. The van der Waals surface area contributed by atoms with Crippen molar-refractivity contribution in [1.82, 2.24) is 4.31 Å². The van der Waals surface area contributed by atoms with E-state index in [-0.39, 0.29) is 5.92 Å². The zero-order valence-corrected chi connectivity index (χ0v) is 13.3. The zero-order valence-electron chi connectivity index (χ0n) is 11.8. The summed E-state index contributed by atoms with van der Waals surface area (Å²) in [7, 11) is -3.14. The highest BCUT2D eigenvalue weighted by Crippen LogP contribution is 2.24. The molecule has 1 fully saturated rings. The Morgan fingerprint density at radius 3 is 2.90 bits per heavy atom. The van der Waals surface area contributed by atoms with Gasteiger partial charge in [-0.25, -0.2) is 12.7 Å². The first-order valence-electron chi connectivity index (χ1n) is 6.67. The Bertz CT molecular complexity index is 655. The summed E-state index contributed by atoms with van der Waals surface area (Å²) < 4.78 is 30.3. The Labute approximate surface area is 130 Å². The van der Waals surface area contributed by atoms with Crippen molar-refractivity contribution in [3.63, 3.8) is 0 Å². The van der Waals surface area contributed by atoms with Crippen molar-refractivity contribution < 1.29 is 13.2 Å². The van der Waals surface area contributed by atoms with Crippen LogP contribution in [0.1, 0.15) is 18.4 Å². The van der Waals surface area contributed by atoms with Crippen LogP contribution in [0.15, 0.2) is 18.2 Å². The molecule has 1 heterocycles. The molecule has 0 bridgehead atoms. The summed E-state index contributed by atoms with van der Waals surface area (Å²) in [6, 6.07) is 6.91. The molecule has 1 aliphatic heterocycles. The molecular formula is C14H17ClN2O3S. The van der Waals surface area contributed by atoms with Crippen molar-refractivity contribution in [1.29, 1.82) is 5.26 Å². The van der Waals surface area contributed by atoms with Gasteiger partial charge in [0.1, 0.15) is 11.8 Å². The molecule has 21 heavy (non-hydrogen) atoms. The molecule has 1 unspecified atom stereocenters. The molecule has 1 saturated heterocycles. The highest BCUT2D eigenvalue weighted by atomic mass is 35.5. The molecule has 114 valence electrons. The maximum atomic E-state index is 11.6. The van der Waals surface area contributed by atoms with Crippen LogP contribution in [0, 0.1) is 17.2 Å². The molecule has 2 rings (SSSR count). The van der Waals surface area contributed by atoms with E-state index in [1.54, 1.807) is 18.2 Å². The van der Waals surface area contributed by atoms with E-state index in [4.69, 9.17) is 21.6 Å². The standard InChI is InChI=1S/C14H17ClN2O3S/c1-21(18,19)17-6-2-3-11(9-17)10-20-13-5-4-12(8-16)14(15)7-13/h4-5,7,11H,2-3,6,9-10H2,1H3. The fraction of sp³-hybridized carbons (Fsp3) is 0.500. The van der Waals surface area contributed by atoms with Gasteiger partial charge in [-0.1, -0.05) is 11.6 Å². The fourth-order valence-corrected chi connectivity index (χ4v) is 3.51. The van der Waals surface area contributed by atoms with Crippen LogP contribution in [0.4, 0.5) is 0 Å². The third kappa shape index (κ3) is 4.34. The normalized spacial score (nSPS) is 20.0. The van der Waals surface area contributed by atoms with Crippen LogP contribution in [0.3, 0.4) is 0 Å². The number of hydrogen-bond acceptors (Lipinski definition) is 4. The number of rotatable bonds is 4. The predicted molar refractivity (Wildman–Crippen MR) is 80.8 cm³/mol. The van der Waals surface area contributed by atoms with Crippen molar-refractivity contribution in [2.24, 2.45) is 5.92 Å². The minimum absolute atomic E-state index is 0.169. The van der Waals surface area contributed by atoms with Gasteiger partial charge in [0.15, 0.2) is 0 Å². The van der Waals surface area contributed by atoms with Crippen LogP contribution in [-0.4, -0.2) is 38.7 Å². The van der Waals surface area contributed by atoms with E-state index >= 15 is 0 Å². The van der Waals surface area contributed by atoms with E-state index in [0.29, 0.717) is 36.0 Å². The summed E-state index contributed by atoms with van der Waals surface area (Å²) >= 11 is 5.94. The second-order valence-corrected chi connectivity index (χ2v) is 7.58. The SMILES string of the molecule is CS(=O)(=O)N1CCCC(COc2ccc(C#N)c(Cl)c2)C1. The van der Waals surface area contributed by atoms with E-state index in [0.717, 1.165) is 12.8 Å². The molecule has 1 aromatic rings. The average Bonchev–Trinajstić information content (AvgIpc) is 2.45.